The van der Waals surface area contributed by atoms with Crippen molar-refractivity contribution >= 4 is 17.2 Å². The largest absolute Gasteiger partial charge is 0.486 e. The smallest absolute Gasteiger partial charge is 0.178 e. The molecule has 2 aromatic carbocycles. The molecule has 0 aliphatic carbocycles. The number of aromatic nitrogens is 1. The molecule has 0 bridgehead atoms. The number of benzene rings is 2. The lowest BCUT2D eigenvalue weighted by Crippen LogP contribution is -2.38. The molecule has 3 aromatic rings. The molecule has 36 heavy (non-hydrogen) atoms. The van der Waals surface area contributed by atoms with Crippen LogP contribution >= 0.6 is 0 Å². The van der Waals surface area contributed by atoms with Gasteiger partial charge in [0.2, 0.25) is 0 Å². The van der Waals surface area contributed by atoms with Gasteiger partial charge < -0.3 is 19.9 Å². The monoisotopic (exact) mass is 496 g/mol. The van der Waals surface area contributed by atoms with Crippen molar-refractivity contribution in [2.45, 2.75) is 38.6 Å². The zero-order valence-electron chi connectivity index (χ0n) is 20.8. The number of halogens is 3. The molecule has 1 N–H and O–H groups in total. The predicted octanol–water partition coefficient (Wildman–Crippen LogP) is 6.33. The van der Waals surface area contributed by atoms with Crippen LogP contribution in [0.4, 0.5) is 30.4 Å². The molecule has 1 fully saturated rings. The van der Waals surface area contributed by atoms with Crippen LogP contribution in [0, 0.1) is 17.5 Å². The SMILES string of the molecule is CC(C)N1CCOc2c(F)cc(-c3cc(Nc4ccc(C5CCN(C)CC5)c(F)c4)ncc3F)cc21. The van der Waals surface area contributed by atoms with Gasteiger partial charge in [-0.2, -0.15) is 0 Å². The van der Waals surface area contributed by atoms with Crippen LogP contribution in [0.15, 0.2) is 42.6 Å². The molecule has 0 unspecified atom stereocenters. The third-order valence-electron chi connectivity index (χ3n) is 7.13. The number of nitrogens with zero attached hydrogens (tertiary/aromatic N) is 3. The number of rotatable bonds is 5. The fraction of sp³-hybridized carbons (Fsp3) is 0.393. The minimum Gasteiger partial charge on any atom is -0.486 e. The van der Waals surface area contributed by atoms with Crippen molar-refractivity contribution in [1.29, 1.82) is 0 Å². The van der Waals surface area contributed by atoms with Crippen LogP contribution in [0.3, 0.4) is 0 Å². The highest BCUT2D eigenvalue weighted by atomic mass is 19.1. The van der Waals surface area contributed by atoms with Crippen molar-refractivity contribution in [2.24, 2.45) is 0 Å². The number of nitrogens with one attached hydrogen (secondary N) is 1. The van der Waals surface area contributed by atoms with E-state index in [1.165, 1.54) is 18.2 Å². The maximum absolute atomic E-state index is 15.0. The highest BCUT2D eigenvalue weighted by Crippen LogP contribution is 2.40. The number of hydrogen-bond acceptors (Lipinski definition) is 5. The van der Waals surface area contributed by atoms with E-state index in [4.69, 9.17) is 4.74 Å². The third kappa shape index (κ3) is 4.87. The van der Waals surface area contributed by atoms with Crippen LogP contribution in [0.1, 0.15) is 38.2 Å². The van der Waals surface area contributed by atoms with Crippen LogP contribution in [-0.2, 0) is 0 Å². The van der Waals surface area contributed by atoms with Crippen molar-refractivity contribution in [3.05, 3.63) is 65.6 Å². The second-order valence-corrected chi connectivity index (χ2v) is 9.93. The zero-order valence-corrected chi connectivity index (χ0v) is 20.8. The lowest BCUT2D eigenvalue weighted by atomic mass is 9.89. The number of likely N-dealkylation sites (tertiary alicyclic amines) is 1. The van der Waals surface area contributed by atoms with Gasteiger partial charge in [0.25, 0.3) is 0 Å². The van der Waals surface area contributed by atoms with Crippen LogP contribution in [0.25, 0.3) is 11.1 Å². The molecule has 0 amide bonds. The van der Waals surface area contributed by atoms with E-state index in [-0.39, 0.29) is 29.1 Å². The Morgan fingerprint density at radius 3 is 2.47 bits per heavy atom. The van der Waals surface area contributed by atoms with Crippen LogP contribution in [-0.4, -0.2) is 49.2 Å². The highest BCUT2D eigenvalue weighted by molar-refractivity contribution is 5.76. The van der Waals surface area contributed by atoms with E-state index in [1.54, 1.807) is 6.07 Å². The zero-order chi connectivity index (χ0) is 25.4. The molecular weight excluding hydrogens is 465 g/mol. The second kappa shape index (κ2) is 10.0. The van der Waals surface area contributed by atoms with Gasteiger partial charge in [-0.1, -0.05) is 6.07 Å². The lowest BCUT2D eigenvalue weighted by molar-refractivity contribution is 0.253. The van der Waals surface area contributed by atoms with Crippen molar-refractivity contribution in [3.63, 3.8) is 0 Å². The Kier molecular flexibility index (Phi) is 6.79. The molecule has 0 atom stereocenters. The summed E-state index contributed by atoms with van der Waals surface area (Å²) in [5.74, 6) is -0.636. The summed E-state index contributed by atoms with van der Waals surface area (Å²) in [5, 5.41) is 3.07. The van der Waals surface area contributed by atoms with E-state index in [1.807, 2.05) is 30.9 Å². The van der Waals surface area contributed by atoms with Gasteiger partial charge in [0, 0.05) is 17.3 Å². The number of pyridine rings is 1. The number of piperidine rings is 1. The van der Waals surface area contributed by atoms with Crippen molar-refractivity contribution in [3.8, 4) is 16.9 Å². The fourth-order valence-electron chi connectivity index (χ4n) is 5.13. The Balaban J connectivity index is 1.41. The summed E-state index contributed by atoms with van der Waals surface area (Å²) in [7, 11) is 2.08. The quantitative estimate of drug-likeness (QED) is 0.447. The minimum atomic E-state index is -0.573. The first-order chi connectivity index (χ1) is 17.3. The van der Waals surface area contributed by atoms with Gasteiger partial charge in [0.1, 0.15) is 24.1 Å². The molecule has 0 saturated carbocycles. The Hall–Kier alpha value is -3.26. The van der Waals surface area contributed by atoms with E-state index in [2.05, 4.69) is 22.2 Å². The number of fused-ring (bicyclic) bond motifs is 1. The summed E-state index contributed by atoms with van der Waals surface area (Å²) in [6.07, 6.45) is 2.95. The van der Waals surface area contributed by atoms with Gasteiger partial charge in [-0.15, -0.1) is 0 Å². The Labute approximate surface area is 209 Å². The normalized spacial score (nSPS) is 16.7. The maximum Gasteiger partial charge on any atom is 0.178 e. The molecule has 5 rings (SSSR count). The number of ether oxygens (including phenoxy) is 1. The first-order valence-corrected chi connectivity index (χ1v) is 12.4. The molecule has 190 valence electrons. The van der Waals surface area contributed by atoms with Crippen molar-refractivity contribution in [1.82, 2.24) is 9.88 Å². The summed E-state index contributed by atoms with van der Waals surface area (Å²) in [4.78, 5) is 8.41. The van der Waals surface area contributed by atoms with E-state index in [0.717, 1.165) is 37.7 Å². The molecule has 5 nitrogen and oxygen atoms in total. The molecule has 2 aliphatic heterocycles. The van der Waals surface area contributed by atoms with Crippen LogP contribution < -0.4 is 15.0 Å². The summed E-state index contributed by atoms with van der Waals surface area (Å²) < 4.78 is 50.3. The second-order valence-electron chi connectivity index (χ2n) is 9.93. The van der Waals surface area contributed by atoms with Gasteiger partial charge >= 0.3 is 0 Å². The molecule has 0 radical (unpaired) electrons. The molecule has 1 saturated heterocycles. The van der Waals surface area contributed by atoms with Gasteiger partial charge in [-0.25, -0.2) is 18.2 Å². The topological polar surface area (TPSA) is 40.6 Å². The highest BCUT2D eigenvalue weighted by Gasteiger charge is 2.25. The average molecular weight is 497 g/mol. The fourth-order valence-corrected chi connectivity index (χ4v) is 5.13. The van der Waals surface area contributed by atoms with Gasteiger partial charge in [0.15, 0.2) is 11.6 Å². The first kappa shape index (κ1) is 24.4. The van der Waals surface area contributed by atoms with E-state index < -0.39 is 11.6 Å². The molecule has 2 aliphatic rings. The Morgan fingerprint density at radius 2 is 1.75 bits per heavy atom. The summed E-state index contributed by atoms with van der Waals surface area (Å²) in [5.41, 5.74) is 2.43. The Morgan fingerprint density at radius 1 is 0.972 bits per heavy atom. The first-order valence-electron chi connectivity index (χ1n) is 12.4. The molecule has 3 heterocycles. The van der Waals surface area contributed by atoms with E-state index in [9.17, 15) is 13.2 Å². The van der Waals surface area contributed by atoms with Crippen molar-refractivity contribution in [2.75, 3.05) is 43.5 Å². The van der Waals surface area contributed by atoms with Gasteiger partial charge in [-0.05, 0) is 94.2 Å². The molecule has 0 spiro atoms. The lowest BCUT2D eigenvalue weighted by Gasteiger charge is -2.35. The van der Waals surface area contributed by atoms with Crippen LogP contribution in [0.5, 0.6) is 5.75 Å². The summed E-state index contributed by atoms with van der Waals surface area (Å²) in [6.45, 7) is 6.97. The predicted molar refractivity (Wildman–Crippen MR) is 137 cm³/mol. The Bertz CT molecular complexity index is 1260. The van der Waals surface area contributed by atoms with Crippen LogP contribution in [0.2, 0.25) is 0 Å². The van der Waals surface area contributed by atoms with E-state index in [0.29, 0.717) is 35.9 Å². The van der Waals surface area contributed by atoms with Crippen molar-refractivity contribution < 1.29 is 17.9 Å². The van der Waals surface area contributed by atoms with Gasteiger partial charge in [0.05, 0.1) is 18.4 Å². The standard InChI is InChI=1S/C28H31F3N4O/c1-17(2)35-10-11-36-28-24(30)12-19(13-26(28)35)22-15-27(32-16-25(22)31)33-20-4-5-21(23(29)14-20)18-6-8-34(3)9-7-18/h4-5,12-18H,6-11H2,1-3H3,(H,32,33). The maximum atomic E-state index is 15.0. The minimum absolute atomic E-state index is 0.134. The summed E-state index contributed by atoms with van der Waals surface area (Å²) >= 11 is 0. The van der Waals surface area contributed by atoms with E-state index >= 15 is 0 Å². The van der Waals surface area contributed by atoms with Gasteiger partial charge in [-0.3, -0.25) is 0 Å². The average Bonchev–Trinajstić information content (AvgIpc) is 2.85. The molecule has 8 heteroatoms. The third-order valence-corrected chi connectivity index (χ3v) is 7.13. The molecule has 1 aromatic heterocycles. The molecular formula is C28H31F3N4O. The summed E-state index contributed by atoms with van der Waals surface area (Å²) in [6, 6.07) is 9.76. The number of hydrogen-bond donors (Lipinski definition) is 1. The number of anilines is 3.